The van der Waals surface area contributed by atoms with E-state index in [0.29, 0.717) is 5.92 Å². The van der Waals surface area contributed by atoms with Crippen molar-refractivity contribution >= 4 is 12.4 Å². The third-order valence-electron chi connectivity index (χ3n) is 1.70. The van der Waals surface area contributed by atoms with Crippen LogP contribution in [0.15, 0.2) is 0 Å². The number of unbranched alkanes of at least 4 members (excludes halogenated alkanes) is 1. The zero-order valence-corrected chi connectivity index (χ0v) is 8.70. The Balaban J connectivity index is 0. The van der Waals surface area contributed by atoms with E-state index in [0.717, 1.165) is 32.6 Å². The summed E-state index contributed by atoms with van der Waals surface area (Å²) in [5.41, 5.74) is 10.8. The summed E-state index contributed by atoms with van der Waals surface area (Å²) in [5.74, 6) is 0.591. The molecule has 3 nitrogen and oxygen atoms in total. The Hall–Kier alpha value is 0.170. The van der Waals surface area contributed by atoms with Crippen LogP contribution in [0.3, 0.4) is 0 Å². The number of nitrogens with one attached hydrogen (secondary N) is 1. The number of nitrogens with two attached hydrogens (primary N) is 2. The van der Waals surface area contributed by atoms with Crippen LogP contribution in [0.4, 0.5) is 0 Å². The van der Waals surface area contributed by atoms with Gasteiger partial charge in [0, 0.05) is 0 Å². The first kappa shape index (κ1) is 14.7. The van der Waals surface area contributed by atoms with Crippen LogP contribution in [0.25, 0.3) is 0 Å². The summed E-state index contributed by atoms with van der Waals surface area (Å²) in [5, 5.41) is 3.34. The lowest BCUT2D eigenvalue weighted by atomic mass is 10.2. The maximum atomic E-state index is 5.45. The van der Waals surface area contributed by atoms with Gasteiger partial charge in [-0.2, -0.15) is 0 Å². The monoisotopic (exact) mass is 195 g/mol. The molecule has 0 saturated carbocycles. The first-order valence-electron chi connectivity index (χ1n) is 4.42. The van der Waals surface area contributed by atoms with Crippen molar-refractivity contribution in [3.05, 3.63) is 0 Å². The van der Waals surface area contributed by atoms with Gasteiger partial charge in [0.05, 0.1) is 0 Å². The minimum atomic E-state index is 0. The predicted octanol–water partition coefficient (Wildman–Crippen LogP) is 0.332. The third kappa shape index (κ3) is 10.2. The topological polar surface area (TPSA) is 64.1 Å². The first-order valence-corrected chi connectivity index (χ1v) is 4.42. The van der Waals surface area contributed by atoms with Gasteiger partial charge in [-0.15, -0.1) is 12.4 Å². The quantitative estimate of drug-likeness (QED) is 0.514. The van der Waals surface area contributed by atoms with Crippen LogP contribution in [0.5, 0.6) is 0 Å². The van der Waals surface area contributed by atoms with Crippen LogP contribution in [0.2, 0.25) is 0 Å². The molecule has 0 rings (SSSR count). The molecule has 0 heterocycles. The molecule has 0 aromatic heterocycles. The lowest BCUT2D eigenvalue weighted by Crippen LogP contribution is -2.27. The highest BCUT2D eigenvalue weighted by molar-refractivity contribution is 5.85. The highest BCUT2D eigenvalue weighted by Gasteiger charge is 1.96. The normalized spacial score (nSPS) is 12.2. The summed E-state index contributed by atoms with van der Waals surface area (Å²) >= 11 is 0. The molecule has 12 heavy (non-hydrogen) atoms. The second-order valence-electron chi connectivity index (χ2n) is 3.04. The third-order valence-corrected chi connectivity index (χ3v) is 1.70. The molecule has 0 spiro atoms. The van der Waals surface area contributed by atoms with E-state index >= 15 is 0 Å². The van der Waals surface area contributed by atoms with Gasteiger partial charge in [0.15, 0.2) is 0 Å². The molecule has 0 saturated heterocycles. The van der Waals surface area contributed by atoms with Crippen molar-refractivity contribution in [3.8, 4) is 0 Å². The van der Waals surface area contributed by atoms with Crippen LogP contribution in [0, 0.1) is 5.92 Å². The fraction of sp³-hybridized carbons (Fsp3) is 1.00. The summed E-state index contributed by atoms with van der Waals surface area (Å²) in [7, 11) is 0. The van der Waals surface area contributed by atoms with Gasteiger partial charge in [0.2, 0.25) is 0 Å². The molecule has 0 aliphatic carbocycles. The second-order valence-corrected chi connectivity index (χ2v) is 3.04. The van der Waals surface area contributed by atoms with Crippen LogP contribution in [-0.2, 0) is 0 Å². The molecule has 0 aliphatic heterocycles. The number of hydrogen-bond acceptors (Lipinski definition) is 3. The molecule has 0 aliphatic rings. The molecule has 1 unspecified atom stereocenters. The summed E-state index contributed by atoms with van der Waals surface area (Å²) in [6, 6.07) is 0. The molecule has 1 atom stereocenters. The van der Waals surface area contributed by atoms with Crippen molar-refractivity contribution in [1.29, 1.82) is 0 Å². The number of rotatable bonds is 7. The molecule has 0 aromatic rings. The molecule has 0 fully saturated rings. The Kier molecular flexibility index (Phi) is 13.7. The number of halogens is 1. The highest BCUT2D eigenvalue weighted by Crippen LogP contribution is 1.88. The lowest BCUT2D eigenvalue weighted by Gasteiger charge is -2.08. The van der Waals surface area contributed by atoms with E-state index < -0.39 is 0 Å². The van der Waals surface area contributed by atoms with E-state index in [1.54, 1.807) is 0 Å². The van der Waals surface area contributed by atoms with Crippen LogP contribution >= 0.6 is 12.4 Å². The van der Waals surface area contributed by atoms with Gasteiger partial charge < -0.3 is 16.8 Å². The molecule has 0 amide bonds. The molecule has 0 bridgehead atoms. The largest absolute Gasteiger partial charge is 0.330 e. The Morgan fingerprint density at radius 3 is 2.42 bits per heavy atom. The van der Waals surface area contributed by atoms with Crippen molar-refractivity contribution in [2.75, 3.05) is 26.2 Å². The minimum Gasteiger partial charge on any atom is -0.330 e. The van der Waals surface area contributed by atoms with Crippen molar-refractivity contribution in [2.45, 2.75) is 19.8 Å². The van der Waals surface area contributed by atoms with E-state index in [1.165, 1.54) is 6.42 Å². The molecular weight excluding hydrogens is 174 g/mol. The SMILES string of the molecule is CC(CN)CNCCCCN.Cl. The Morgan fingerprint density at radius 1 is 1.25 bits per heavy atom. The highest BCUT2D eigenvalue weighted by atomic mass is 35.5. The minimum absolute atomic E-state index is 0. The molecular formula is C8H22ClN3. The Labute approximate surface area is 81.7 Å². The molecule has 5 N–H and O–H groups in total. The van der Waals surface area contributed by atoms with Crippen molar-refractivity contribution < 1.29 is 0 Å². The fourth-order valence-corrected chi connectivity index (χ4v) is 0.826. The molecule has 4 heteroatoms. The summed E-state index contributed by atoms with van der Waals surface area (Å²) in [6.07, 6.45) is 2.29. The first-order chi connectivity index (χ1) is 5.31. The molecule has 0 aromatic carbocycles. The van der Waals surface area contributed by atoms with Gasteiger partial charge in [0.25, 0.3) is 0 Å². The zero-order chi connectivity index (χ0) is 8.53. The second kappa shape index (κ2) is 11.2. The Bertz CT molecular complexity index is 80.7. The van der Waals surface area contributed by atoms with Gasteiger partial charge in [0.1, 0.15) is 0 Å². The summed E-state index contributed by atoms with van der Waals surface area (Å²) in [4.78, 5) is 0. The standard InChI is InChI=1S/C8H21N3.ClH/c1-8(6-10)7-11-5-3-2-4-9;/h8,11H,2-7,9-10H2,1H3;1H. The molecule has 0 radical (unpaired) electrons. The van der Waals surface area contributed by atoms with E-state index in [-0.39, 0.29) is 12.4 Å². The van der Waals surface area contributed by atoms with Crippen molar-refractivity contribution in [3.63, 3.8) is 0 Å². The lowest BCUT2D eigenvalue weighted by molar-refractivity contribution is 0.512. The van der Waals surface area contributed by atoms with E-state index in [4.69, 9.17) is 11.5 Å². The van der Waals surface area contributed by atoms with Gasteiger partial charge in [-0.3, -0.25) is 0 Å². The van der Waals surface area contributed by atoms with Crippen molar-refractivity contribution in [2.24, 2.45) is 17.4 Å². The maximum absolute atomic E-state index is 5.45. The average molecular weight is 196 g/mol. The molecule has 76 valence electrons. The van der Waals surface area contributed by atoms with E-state index in [9.17, 15) is 0 Å². The Morgan fingerprint density at radius 2 is 1.92 bits per heavy atom. The van der Waals surface area contributed by atoms with E-state index in [2.05, 4.69) is 12.2 Å². The summed E-state index contributed by atoms with van der Waals surface area (Å²) < 4.78 is 0. The van der Waals surface area contributed by atoms with Crippen LogP contribution < -0.4 is 16.8 Å². The van der Waals surface area contributed by atoms with Gasteiger partial charge >= 0.3 is 0 Å². The average Bonchev–Trinajstić information content (AvgIpc) is 2.04. The predicted molar refractivity (Wildman–Crippen MR) is 56.6 cm³/mol. The number of hydrogen-bond donors (Lipinski definition) is 3. The fourth-order valence-electron chi connectivity index (χ4n) is 0.826. The maximum Gasteiger partial charge on any atom is -0.00111 e. The van der Waals surface area contributed by atoms with Gasteiger partial charge in [-0.25, -0.2) is 0 Å². The zero-order valence-electron chi connectivity index (χ0n) is 7.88. The van der Waals surface area contributed by atoms with Crippen LogP contribution in [0.1, 0.15) is 19.8 Å². The smallest absolute Gasteiger partial charge is 0.00111 e. The van der Waals surface area contributed by atoms with Crippen molar-refractivity contribution in [1.82, 2.24) is 5.32 Å². The van der Waals surface area contributed by atoms with E-state index in [1.807, 2.05) is 0 Å². The van der Waals surface area contributed by atoms with Crippen LogP contribution in [-0.4, -0.2) is 26.2 Å². The summed E-state index contributed by atoms with van der Waals surface area (Å²) in [6.45, 7) is 5.82. The van der Waals surface area contributed by atoms with Gasteiger partial charge in [-0.05, 0) is 44.9 Å². The van der Waals surface area contributed by atoms with Gasteiger partial charge in [-0.1, -0.05) is 6.92 Å².